The molecule has 1 aliphatic heterocycles. The molecule has 3 atom stereocenters. The van der Waals surface area contributed by atoms with Crippen LogP contribution in [0, 0.1) is 0 Å². The Morgan fingerprint density at radius 1 is 1.18 bits per heavy atom. The number of amides is 1. The van der Waals surface area contributed by atoms with Crippen LogP contribution in [0.2, 0.25) is 0 Å². The number of ether oxygens (including phenoxy) is 2. The van der Waals surface area contributed by atoms with Crippen molar-refractivity contribution in [2.45, 2.75) is 31.0 Å². The molecular formula is C25H30N4O4. The van der Waals surface area contributed by atoms with E-state index in [9.17, 15) is 9.90 Å². The monoisotopic (exact) mass is 450 g/mol. The first-order valence-electron chi connectivity index (χ1n) is 11.2. The average molecular weight is 451 g/mol. The Labute approximate surface area is 193 Å². The van der Waals surface area contributed by atoms with Gasteiger partial charge in [0.1, 0.15) is 17.8 Å². The number of H-pyrrole nitrogens is 1. The molecule has 174 valence electrons. The number of nitrogens with zero attached hydrogens (tertiary/aromatic N) is 1. The minimum absolute atomic E-state index is 0.127. The van der Waals surface area contributed by atoms with E-state index in [1.807, 2.05) is 42.5 Å². The van der Waals surface area contributed by atoms with Crippen molar-refractivity contribution in [2.75, 3.05) is 26.3 Å². The first kappa shape index (κ1) is 23.0. The molecular weight excluding hydrogens is 420 g/mol. The maximum absolute atomic E-state index is 12.6. The van der Waals surface area contributed by atoms with Crippen molar-refractivity contribution < 1.29 is 19.4 Å². The molecule has 1 aromatic carbocycles. The summed E-state index contributed by atoms with van der Waals surface area (Å²) in [6, 6.07) is 11.5. The van der Waals surface area contributed by atoms with Crippen molar-refractivity contribution in [3.8, 4) is 5.75 Å². The summed E-state index contributed by atoms with van der Waals surface area (Å²) in [5.41, 5.74) is 2.97. The number of nitrogens with one attached hydrogen (secondary N) is 3. The lowest BCUT2D eigenvalue weighted by molar-refractivity contribution is -0.120. The summed E-state index contributed by atoms with van der Waals surface area (Å²) >= 11 is 0. The van der Waals surface area contributed by atoms with Gasteiger partial charge in [0.25, 0.3) is 0 Å². The van der Waals surface area contributed by atoms with E-state index in [-0.39, 0.29) is 12.5 Å². The molecule has 33 heavy (non-hydrogen) atoms. The van der Waals surface area contributed by atoms with Gasteiger partial charge < -0.3 is 25.2 Å². The van der Waals surface area contributed by atoms with E-state index in [2.05, 4.69) is 27.4 Å². The molecule has 2 aromatic rings. The maximum atomic E-state index is 12.6. The van der Waals surface area contributed by atoms with Gasteiger partial charge in [-0.15, -0.1) is 0 Å². The molecule has 3 unspecified atom stereocenters. The molecule has 1 amide bonds. The Morgan fingerprint density at radius 2 is 2.03 bits per heavy atom. The molecule has 0 fully saturated rings. The standard InChI is InChI=1S/C25H30N4O4/c1-17-9-10-20-22(23(25(31)28-20)21-11-13-27-29-21)24(17)33-16-18(30)15-26-12-5-6-14-32-19-7-3-2-4-8-19/h2-4,7-11,13,18,23-24,26,30H,1,5-6,12,14-16H2,(H,27,29)(H,28,31). The summed E-state index contributed by atoms with van der Waals surface area (Å²) in [7, 11) is 0. The molecule has 0 radical (unpaired) electrons. The minimum atomic E-state index is -0.677. The largest absolute Gasteiger partial charge is 0.494 e. The number of aliphatic hydroxyl groups excluding tert-OH is 1. The summed E-state index contributed by atoms with van der Waals surface area (Å²) in [6.45, 7) is 6.07. The summed E-state index contributed by atoms with van der Waals surface area (Å²) in [6.07, 6.45) is 6.00. The molecule has 1 aliphatic carbocycles. The number of para-hydroxylation sites is 1. The van der Waals surface area contributed by atoms with Crippen LogP contribution in [-0.4, -0.2) is 59.7 Å². The topological polar surface area (TPSA) is 108 Å². The van der Waals surface area contributed by atoms with Crippen molar-refractivity contribution in [1.82, 2.24) is 20.8 Å². The quantitative estimate of drug-likeness (QED) is 0.369. The van der Waals surface area contributed by atoms with E-state index >= 15 is 0 Å². The molecule has 4 rings (SSSR count). The first-order chi connectivity index (χ1) is 16.1. The van der Waals surface area contributed by atoms with Crippen molar-refractivity contribution >= 4 is 5.91 Å². The number of unbranched alkanes of at least 4 members (excludes halogenated alkanes) is 1. The van der Waals surface area contributed by atoms with Crippen LogP contribution in [0.3, 0.4) is 0 Å². The van der Waals surface area contributed by atoms with Crippen LogP contribution in [0.25, 0.3) is 0 Å². The number of aliphatic hydroxyl groups is 1. The second kappa shape index (κ2) is 11.1. The SMILES string of the molecule is C=C1C=CC2=C(C1OCC(O)CNCCCCOc1ccccc1)C(c1ccn[nH]1)C(=O)N2. The summed E-state index contributed by atoms with van der Waals surface area (Å²) in [5, 5.41) is 23.4. The van der Waals surface area contributed by atoms with Crippen LogP contribution < -0.4 is 15.4 Å². The molecule has 2 aliphatic rings. The van der Waals surface area contributed by atoms with E-state index < -0.39 is 18.1 Å². The molecule has 4 N–H and O–H groups in total. The number of allylic oxidation sites excluding steroid dienone is 1. The molecule has 0 spiro atoms. The zero-order valence-corrected chi connectivity index (χ0v) is 18.5. The fourth-order valence-corrected chi connectivity index (χ4v) is 4.01. The van der Waals surface area contributed by atoms with Crippen molar-refractivity contribution in [1.29, 1.82) is 0 Å². The Balaban J connectivity index is 1.19. The van der Waals surface area contributed by atoms with Crippen LogP contribution in [0.1, 0.15) is 24.5 Å². The number of benzene rings is 1. The van der Waals surface area contributed by atoms with Gasteiger partial charge in [0, 0.05) is 24.0 Å². The summed E-state index contributed by atoms with van der Waals surface area (Å²) < 4.78 is 11.7. The van der Waals surface area contributed by atoms with E-state index in [0.717, 1.165) is 42.0 Å². The lowest BCUT2D eigenvalue weighted by Gasteiger charge is -2.27. The third-order valence-electron chi connectivity index (χ3n) is 5.65. The highest BCUT2D eigenvalue weighted by atomic mass is 16.5. The lowest BCUT2D eigenvalue weighted by Crippen LogP contribution is -2.34. The molecule has 8 nitrogen and oxygen atoms in total. The maximum Gasteiger partial charge on any atom is 0.237 e. The van der Waals surface area contributed by atoms with E-state index in [4.69, 9.17) is 9.47 Å². The summed E-state index contributed by atoms with van der Waals surface area (Å²) in [5.74, 6) is 0.239. The van der Waals surface area contributed by atoms with Gasteiger partial charge in [-0.25, -0.2) is 0 Å². The third-order valence-corrected chi connectivity index (χ3v) is 5.65. The molecule has 0 saturated heterocycles. The predicted octanol–water partition coefficient (Wildman–Crippen LogP) is 2.20. The number of rotatable bonds is 12. The average Bonchev–Trinajstić information content (AvgIpc) is 3.45. The first-order valence-corrected chi connectivity index (χ1v) is 11.2. The number of carbonyl (C=O) groups excluding carboxylic acids is 1. The number of hydrogen-bond donors (Lipinski definition) is 4. The number of hydrogen-bond acceptors (Lipinski definition) is 6. The minimum Gasteiger partial charge on any atom is -0.494 e. The van der Waals surface area contributed by atoms with Crippen LogP contribution in [0.5, 0.6) is 5.75 Å². The smallest absolute Gasteiger partial charge is 0.237 e. The lowest BCUT2D eigenvalue weighted by atomic mass is 9.86. The second-order valence-corrected chi connectivity index (χ2v) is 8.15. The van der Waals surface area contributed by atoms with Gasteiger partial charge in [0.05, 0.1) is 25.0 Å². The highest BCUT2D eigenvalue weighted by Crippen LogP contribution is 2.39. The van der Waals surface area contributed by atoms with Gasteiger partial charge >= 0.3 is 0 Å². The van der Waals surface area contributed by atoms with E-state index in [0.29, 0.717) is 18.8 Å². The number of carbonyl (C=O) groups is 1. The fourth-order valence-electron chi connectivity index (χ4n) is 4.01. The highest BCUT2D eigenvalue weighted by molar-refractivity contribution is 5.93. The van der Waals surface area contributed by atoms with E-state index in [1.54, 1.807) is 12.3 Å². The number of aromatic nitrogens is 2. The van der Waals surface area contributed by atoms with Crippen molar-refractivity contribution in [3.63, 3.8) is 0 Å². The van der Waals surface area contributed by atoms with Gasteiger partial charge in [-0.1, -0.05) is 30.9 Å². The Morgan fingerprint density at radius 3 is 2.82 bits per heavy atom. The van der Waals surface area contributed by atoms with Crippen molar-refractivity contribution in [3.05, 3.63) is 83.9 Å². The van der Waals surface area contributed by atoms with Gasteiger partial charge in [-0.05, 0) is 49.2 Å². The van der Waals surface area contributed by atoms with Gasteiger partial charge in [-0.3, -0.25) is 9.89 Å². The Kier molecular flexibility index (Phi) is 7.72. The Bertz CT molecular complexity index is 1000. The zero-order chi connectivity index (χ0) is 23.0. The molecule has 0 saturated carbocycles. The van der Waals surface area contributed by atoms with E-state index in [1.165, 1.54) is 0 Å². The summed E-state index contributed by atoms with van der Waals surface area (Å²) in [4.78, 5) is 12.6. The fraction of sp³-hybridized carbons (Fsp3) is 0.360. The molecule has 1 aromatic heterocycles. The van der Waals surface area contributed by atoms with Crippen molar-refractivity contribution in [2.24, 2.45) is 0 Å². The molecule has 0 bridgehead atoms. The van der Waals surface area contributed by atoms with Crippen LogP contribution >= 0.6 is 0 Å². The van der Waals surface area contributed by atoms with Gasteiger partial charge in [-0.2, -0.15) is 5.10 Å². The second-order valence-electron chi connectivity index (χ2n) is 8.15. The third kappa shape index (κ3) is 5.78. The van der Waals surface area contributed by atoms with Crippen LogP contribution in [0.15, 0.2) is 78.2 Å². The molecule has 2 heterocycles. The Hall–Kier alpha value is -3.20. The van der Waals surface area contributed by atoms with Gasteiger partial charge in [0.2, 0.25) is 5.91 Å². The van der Waals surface area contributed by atoms with Gasteiger partial charge in [0.15, 0.2) is 0 Å². The van der Waals surface area contributed by atoms with Crippen LogP contribution in [-0.2, 0) is 9.53 Å². The number of aromatic amines is 1. The predicted molar refractivity (Wildman–Crippen MR) is 125 cm³/mol. The highest BCUT2D eigenvalue weighted by Gasteiger charge is 2.41. The zero-order valence-electron chi connectivity index (χ0n) is 18.5. The van der Waals surface area contributed by atoms with Crippen LogP contribution in [0.4, 0.5) is 0 Å². The molecule has 8 heteroatoms. The normalized spacial score (nSPS) is 20.6.